The fourth-order valence-corrected chi connectivity index (χ4v) is 1.97. The van der Waals surface area contributed by atoms with Crippen LogP contribution in [0.2, 0.25) is 0 Å². The van der Waals surface area contributed by atoms with E-state index in [-0.39, 0.29) is 0 Å². The van der Waals surface area contributed by atoms with E-state index in [1.165, 1.54) is 17.7 Å². The zero-order valence-corrected chi connectivity index (χ0v) is 8.14. The lowest BCUT2D eigenvalue weighted by molar-refractivity contribution is 0.476. The molecule has 0 saturated heterocycles. The minimum Gasteiger partial charge on any atom is -0.0885 e. The van der Waals surface area contributed by atoms with Crippen LogP contribution in [0.15, 0.2) is 0 Å². The summed E-state index contributed by atoms with van der Waals surface area (Å²) in [7, 11) is 0. The first-order valence-corrected chi connectivity index (χ1v) is 4.32. The summed E-state index contributed by atoms with van der Waals surface area (Å²) in [4.78, 5) is 1.26. The Kier molecular flexibility index (Phi) is 1.67. The van der Waals surface area contributed by atoms with E-state index in [1.54, 1.807) is 0 Å². The van der Waals surface area contributed by atoms with Gasteiger partial charge in [-0.2, -0.15) is 0 Å². The van der Waals surface area contributed by atoms with Crippen LogP contribution in [0.25, 0.3) is 0 Å². The molecule has 0 aromatic heterocycles. The smallest absolute Gasteiger partial charge is 0.00409 e. The van der Waals surface area contributed by atoms with Gasteiger partial charge in [0.1, 0.15) is 0 Å². The van der Waals surface area contributed by atoms with E-state index in [9.17, 15) is 0 Å². The molecule has 0 spiro atoms. The fourth-order valence-electron chi connectivity index (χ4n) is 1.77. The molecule has 1 heteroatoms. The second kappa shape index (κ2) is 2.04. The Balaban J connectivity index is 2.88. The second-order valence-electron chi connectivity index (χ2n) is 4.60. The van der Waals surface area contributed by atoms with Crippen molar-refractivity contribution in [1.29, 1.82) is 0 Å². The third kappa shape index (κ3) is 1.12. The molecule has 0 aromatic carbocycles. The summed E-state index contributed by atoms with van der Waals surface area (Å²) >= 11 is 5.39. The van der Waals surface area contributed by atoms with E-state index in [0.29, 0.717) is 10.8 Å². The maximum absolute atomic E-state index is 5.39. The molecule has 1 fully saturated rings. The highest BCUT2D eigenvalue weighted by molar-refractivity contribution is 7.80. The highest BCUT2D eigenvalue weighted by Crippen LogP contribution is 2.45. The van der Waals surface area contributed by atoms with Crippen LogP contribution in [0.5, 0.6) is 0 Å². The van der Waals surface area contributed by atoms with Crippen LogP contribution in [0, 0.1) is 10.8 Å². The number of rotatable bonds is 0. The summed E-state index contributed by atoms with van der Waals surface area (Å²) in [5.41, 5.74) is 0.637. The molecule has 0 unspecified atom stereocenters. The first-order valence-electron chi connectivity index (χ1n) is 3.91. The Bertz CT molecular complexity index is 148. The number of hydrogen-bond donors (Lipinski definition) is 0. The summed E-state index contributed by atoms with van der Waals surface area (Å²) < 4.78 is 0. The Morgan fingerprint density at radius 1 is 1.00 bits per heavy atom. The Morgan fingerprint density at radius 2 is 1.30 bits per heavy atom. The maximum Gasteiger partial charge on any atom is 0.00409 e. The Morgan fingerprint density at radius 3 is 1.40 bits per heavy atom. The first-order chi connectivity index (χ1) is 4.36. The molecule has 0 aliphatic heterocycles. The van der Waals surface area contributed by atoms with Crippen molar-refractivity contribution in [1.82, 2.24) is 0 Å². The highest BCUT2D eigenvalue weighted by atomic mass is 32.1. The molecule has 1 saturated carbocycles. The summed E-state index contributed by atoms with van der Waals surface area (Å²) in [6.45, 7) is 9.02. The summed E-state index contributed by atoms with van der Waals surface area (Å²) in [6, 6.07) is 0. The molecule has 1 aliphatic carbocycles. The SMILES string of the molecule is CC1(C)CCC(C)(C)C1=S. The van der Waals surface area contributed by atoms with Crippen molar-refractivity contribution in [2.75, 3.05) is 0 Å². The molecule has 1 rings (SSSR count). The molecule has 1 aliphatic rings. The average Bonchev–Trinajstić information content (AvgIpc) is 1.95. The van der Waals surface area contributed by atoms with Crippen molar-refractivity contribution in [3.63, 3.8) is 0 Å². The van der Waals surface area contributed by atoms with Gasteiger partial charge in [-0.05, 0) is 23.7 Å². The average molecular weight is 156 g/mol. The van der Waals surface area contributed by atoms with E-state index >= 15 is 0 Å². The van der Waals surface area contributed by atoms with Gasteiger partial charge in [0, 0.05) is 4.86 Å². The van der Waals surface area contributed by atoms with Gasteiger partial charge in [0.25, 0.3) is 0 Å². The quantitative estimate of drug-likeness (QED) is 0.485. The van der Waals surface area contributed by atoms with Crippen LogP contribution in [-0.4, -0.2) is 4.86 Å². The van der Waals surface area contributed by atoms with E-state index in [0.717, 1.165) is 0 Å². The normalized spacial score (nSPS) is 29.0. The molecular formula is C9H16S. The van der Waals surface area contributed by atoms with Gasteiger partial charge in [0.15, 0.2) is 0 Å². The predicted molar refractivity (Wildman–Crippen MR) is 49.4 cm³/mol. The molecule has 0 heterocycles. The lowest BCUT2D eigenvalue weighted by Gasteiger charge is -2.23. The van der Waals surface area contributed by atoms with Crippen molar-refractivity contribution >= 4 is 17.1 Å². The number of hydrogen-bond acceptors (Lipinski definition) is 1. The lowest BCUT2D eigenvalue weighted by Crippen LogP contribution is -2.24. The fraction of sp³-hybridized carbons (Fsp3) is 0.889. The maximum atomic E-state index is 5.39. The highest BCUT2D eigenvalue weighted by Gasteiger charge is 2.41. The van der Waals surface area contributed by atoms with Gasteiger partial charge >= 0.3 is 0 Å². The second-order valence-corrected chi connectivity index (χ2v) is 5.01. The molecule has 0 nitrogen and oxygen atoms in total. The zero-order valence-electron chi connectivity index (χ0n) is 7.32. The van der Waals surface area contributed by atoms with Gasteiger partial charge in [-0.1, -0.05) is 39.9 Å². The third-order valence-corrected chi connectivity index (χ3v) is 3.71. The largest absolute Gasteiger partial charge is 0.0885 e. The summed E-state index contributed by atoms with van der Waals surface area (Å²) in [5.74, 6) is 0. The van der Waals surface area contributed by atoms with Gasteiger partial charge in [-0.15, -0.1) is 0 Å². The Labute approximate surface area is 69.0 Å². The minimum atomic E-state index is 0.318. The molecule has 58 valence electrons. The van der Waals surface area contributed by atoms with Gasteiger partial charge in [-0.3, -0.25) is 0 Å². The summed E-state index contributed by atoms with van der Waals surface area (Å²) in [6.07, 6.45) is 2.53. The van der Waals surface area contributed by atoms with Crippen molar-refractivity contribution in [2.24, 2.45) is 10.8 Å². The monoisotopic (exact) mass is 156 g/mol. The van der Waals surface area contributed by atoms with E-state index < -0.39 is 0 Å². The zero-order chi connectivity index (χ0) is 7.99. The van der Waals surface area contributed by atoms with E-state index in [2.05, 4.69) is 27.7 Å². The minimum absolute atomic E-state index is 0.318. The molecule has 0 radical (unpaired) electrons. The molecule has 10 heavy (non-hydrogen) atoms. The molecule has 0 bridgehead atoms. The standard InChI is InChI=1S/C9H16S/c1-8(2)5-6-9(3,4)7(8)10/h5-6H2,1-4H3. The Hall–Kier alpha value is 0.0900. The first kappa shape index (κ1) is 8.19. The molecule has 0 amide bonds. The molecule has 0 aromatic rings. The van der Waals surface area contributed by atoms with E-state index in [1.807, 2.05) is 0 Å². The molecule has 0 atom stereocenters. The van der Waals surface area contributed by atoms with Crippen LogP contribution < -0.4 is 0 Å². The van der Waals surface area contributed by atoms with Crippen LogP contribution >= 0.6 is 12.2 Å². The van der Waals surface area contributed by atoms with E-state index in [4.69, 9.17) is 12.2 Å². The lowest BCUT2D eigenvalue weighted by atomic mass is 9.84. The summed E-state index contributed by atoms with van der Waals surface area (Å²) in [5, 5.41) is 0. The number of thiocarbonyl (C=S) groups is 1. The molecular weight excluding hydrogens is 140 g/mol. The van der Waals surface area contributed by atoms with Crippen molar-refractivity contribution in [3.05, 3.63) is 0 Å². The third-order valence-electron chi connectivity index (χ3n) is 2.60. The van der Waals surface area contributed by atoms with Crippen LogP contribution in [-0.2, 0) is 0 Å². The van der Waals surface area contributed by atoms with Gasteiger partial charge in [0.05, 0.1) is 0 Å². The van der Waals surface area contributed by atoms with Crippen LogP contribution in [0.4, 0.5) is 0 Å². The van der Waals surface area contributed by atoms with Crippen LogP contribution in [0.3, 0.4) is 0 Å². The van der Waals surface area contributed by atoms with Gasteiger partial charge < -0.3 is 0 Å². The van der Waals surface area contributed by atoms with Crippen molar-refractivity contribution in [2.45, 2.75) is 40.5 Å². The van der Waals surface area contributed by atoms with Gasteiger partial charge in [0.2, 0.25) is 0 Å². The predicted octanol–water partition coefficient (Wildman–Crippen LogP) is 3.20. The van der Waals surface area contributed by atoms with Crippen molar-refractivity contribution < 1.29 is 0 Å². The molecule has 0 N–H and O–H groups in total. The van der Waals surface area contributed by atoms with Gasteiger partial charge in [-0.25, -0.2) is 0 Å². The van der Waals surface area contributed by atoms with Crippen molar-refractivity contribution in [3.8, 4) is 0 Å². The topological polar surface area (TPSA) is 0 Å². The van der Waals surface area contributed by atoms with Crippen LogP contribution in [0.1, 0.15) is 40.5 Å².